The van der Waals surface area contributed by atoms with Crippen LogP contribution in [0.5, 0.6) is 0 Å². The van der Waals surface area contributed by atoms with E-state index in [0.717, 1.165) is 12.8 Å². The van der Waals surface area contributed by atoms with Gasteiger partial charge in [-0.2, -0.15) is 0 Å². The SMILES string of the molecule is CC(C)(C)NCc1ccnc(NC2(C)CCC2)c1F. The van der Waals surface area contributed by atoms with Crippen molar-refractivity contribution in [3.63, 3.8) is 0 Å². The minimum absolute atomic E-state index is 0.0178. The second-order valence-corrected chi connectivity index (χ2v) is 6.78. The normalized spacial score (nSPS) is 17.9. The Kier molecular flexibility index (Phi) is 3.81. The summed E-state index contributed by atoms with van der Waals surface area (Å²) in [5, 5.41) is 6.55. The Hall–Kier alpha value is -1.16. The lowest BCUT2D eigenvalue weighted by Crippen LogP contribution is -2.42. The van der Waals surface area contributed by atoms with E-state index >= 15 is 0 Å². The van der Waals surface area contributed by atoms with Crippen LogP contribution in [0.3, 0.4) is 0 Å². The van der Waals surface area contributed by atoms with E-state index in [1.165, 1.54) is 6.42 Å². The number of aromatic nitrogens is 1. The standard InChI is InChI=1S/C15H24FN3/c1-14(2,3)18-10-11-6-9-17-13(12(11)16)19-15(4)7-5-8-15/h6,9,18H,5,7-8,10H2,1-4H3,(H,17,19). The van der Waals surface area contributed by atoms with Gasteiger partial charge in [-0.05, 0) is 53.0 Å². The molecule has 0 amide bonds. The molecule has 0 aliphatic heterocycles. The van der Waals surface area contributed by atoms with E-state index < -0.39 is 0 Å². The predicted molar refractivity (Wildman–Crippen MR) is 76.7 cm³/mol. The Morgan fingerprint density at radius 2 is 2.05 bits per heavy atom. The number of pyridine rings is 1. The molecule has 0 aromatic carbocycles. The first-order valence-electron chi connectivity index (χ1n) is 6.96. The lowest BCUT2D eigenvalue weighted by atomic mass is 9.78. The molecule has 1 aromatic heterocycles. The van der Waals surface area contributed by atoms with Gasteiger partial charge in [-0.15, -0.1) is 0 Å². The van der Waals surface area contributed by atoms with Crippen LogP contribution in [0, 0.1) is 5.82 Å². The molecule has 1 fully saturated rings. The molecule has 2 N–H and O–H groups in total. The van der Waals surface area contributed by atoms with Crippen LogP contribution in [0.25, 0.3) is 0 Å². The van der Waals surface area contributed by atoms with Crippen molar-refractivity contribution in [1.29, 1.82) is 0 Å². The number of nitrogens with one attached hydrogen (secondary N) is 2. The molecular formula is C15H24FN3. The lowest BCUT2D eigenvalue weighted by molar-refractivity contribution is 0.304. The van der Waals surface area contributed by atoms with Crippen molar-refractivity contribution in [1.82, 2.24) is 10.3 Å². The fourth-order valence-corrected chi connectivity index (χ4v) is 2.19. The molecule has 1 aromatic rings. The number of anilines is 1. The van der Waals surface area contributed by atoms with Gasteiger partial charge in [-0.25, -0.2) is 9.37 Å². The number of rotatable bonds is 4. The Labute approximate surface area is 115 Å². The molecule has 2 rings (SSSR count). The second-order valence-electron chi connectivity index (χ2n) is 6.78. The van der Waals surface area contributed by atoms with Gasteiger partial charge in [0.15, 0.2) is 11.6 Å². The van der Waals surface area contributed by atoms with Gasteiger partial charge in [-0.1, -0.05) is 0 Å². The van der Waals surface area contributed by atoms with E-state index in [1.54, 1.807) is 12.3 Å². The smallest absolute Gasteiger partial charge is 0.169 e. The van der Waals surface area contributed by atoms with Crippen LogP contribution < -0.4 is 10.6 Å². The Morgan fingerprint density at radius 3 is 2.58 bits per heavy atom. The summed E-state index contributed by atoms with van der Waals surface area (Å²) < 4.78 is 14.4. The van der Waals surface area contributed by atoms with Gasteiger partial charge >= 0.3 is 0 Å². The molecule has 0 radical (unpaired) electrons. The molecule has 0 bridgehead atoms. The van der Waals surface area contributed by atoms with Crippen molar-refractivity contribution in [3.8, 4) is 0 Å². The first-order valence-corrected chi connectivity index (χ1v) is 6.96. The quantitative estimate of drug-likeness (QED) is 0.875. The molecular weight excluding hydrogens is 241 g/mol. The Bertz CT molecular complexity index is 447. The third-order valence-corrected chi connectivity index (χ3v) is 3.66. The van der Waals surface area contributed by atoms with Crippen LogP contribution in [-0.4, -0.2) is 16.1 Å². The van der Waals surface area contributed by atoms with E-state index in [2.05, 4.69) is 43.3 Å². The summed E-state index contributed by atoms with van der Waals surface area (Å²) in [6, 6.07) is 1.74. The van der Waals surface area contributed by atoms with Crippen LogP contribution in [0.1, 0.15) is 52.5 Å². The van der Waals surface area contributed by atoms with Crippen LogP contribution in [0.2, 0.25) is 0 Å². The van der Waals surface area contributed by atoms with Crippen molar-refractivity contribution in [3.05, 3.63) is 23.6 Å². The maximum absolute atomic E-state index is 14.4. The summed E-state index contributed by atoms with van der Waals surface area (Å²) in [6.07, 6.45) is 5.04. The lowest BCUT2D eigenvalue weighted by Gasteiger charge is -2.39. The molecule has 1 aliphatic rings. The number of nitrogens with zero attached hydrogens (tertiary/aromatic N) is 1. The molecule has 1 aliphatic carbocycles. The average molecular weight is 265 g/mol. The molecule has 0 spiro atoms. The van der Waals surface area contributed by atoms with Gasteiger partial charge in [0.1, 0.15) is 0 Å². The third-order valence-electron chi connectivity index (χ3n) is 3.66. The minimum Gasteiger partial charge on any atom is -0.362 e. The molecule has 106 valence electrons. The van der Waals surface area contributed by atoms with Gasteiger partial charge in [-0.3, -0.25) is 0 Å². The predicted octanol–water partition coefficient (Wildman–Crippen LogP) is 3.46. The van der Waals surface area contributed by atoms with Gasteiger partial charge in [0.05, 0.1) is 0 Å². The number of halogens is 1. The molecule has 0 unspecified atom stereocenters. The zero-order chi connectivity index (χ0) is 14.1. The van der Waals surface area contributed by atoms with Crippen molar-refractivity contribution in [2.45, 2.75) is 64.6 Å². The summed E-state index contributed by atoms with van der Waals surface area (Å²) in [7, 11) is 0. The van der Waals surface area contributed by atoms with Crippen molar-refractivity contribution in [2.24, 2.45) is 0 Å². The van der Waals surface area contributed by atoms with E-state index in [1.807, 2.05) is 0 Å². The zero-order valence-electron chi connectivity index (χ0n) is 12.3. The first-order chi connectivity index (χ1) is 8.79. The fraction of sp³-hybridized carbons (Fsp3) is 0.667. The largest absolute Gasteiger partial charge is 0.362 e. The molecule has 3 nitrogen and oxygen atoms in total. The second kappa shape index (κ2) is 5.08. The maximum atomic E-state index is 14.4. The van der Waals surface area contributed by atoms with Crippen LogP contribution in [0.15, 0.2) is 12.3 Å². The van der Waals surface area contributed by atoms with Crippen LogP contribution >= 0.6 is 0 Å². The summed E-state index contributed by atoms with van der Waals surface area (Å²) >= 11 is 0. The molecule has 4 heteroatoms. The maximum Gasteiger partial charge on any atom is 0.169 e. The molecule has 19 heavy (non-hydrogen) atoms. The topological polar surface area (TPSA) is 37.0 Å². The fourth-order valence-electron chi connectivity index (χ4n) is 2.19. The molecule has 1 saturated carbocycles. The van der Waals surface area contributed by atoms with Crippen LogP contribution in [0.4, 0.5) is 10.2 Å². The van der Waals surface area contributed by atoms with Gasteiger partial charge in [0.2, 0.25) is 0 Å². The summed E-state index contributed by atoms with van der Waals surface area (Å²) in [6.45, 7) is 8.85. The average Bonchev–Trinajstić information content (AvgIpc) is 2.27. The summed E-state index contributed by atoms with van der Waals surface area (Å²) in [5.41, 5.74) is 0.656. The van der Waals surface area contributed by atoms with E-state index in [0.29, 0.717) is 17.9 Å². The van der Waals surface area contributed by atoms with Crippen molar-refractivity contribution >= 4 is 5.82 Å². The summed E-state index contributed by atoms with van der Waals surface area (Å²) in [5.74, 6) is 0.155. The highest BCUT2D eigenvalue weighted by Crippen LogP contribution is 2.35. The highest BCUT2D eigenvalue weighted by molar-refractivity contribution is 5.43. The van der Waals surface area contributed by atoms with Crippen molar-refractivity contribution < 1.29 is 4.39 Å². The van der Waals surface area contributed by atoms with Crippen molar-refractivity contribution in [2.75, 3.05) is 5.32 Å². The van der Waals surface area contributed by atoms with E-state index in [-0.39, 0.29) is 16.9 Å². The van der Waals surface area contributed by atoms with Gasteiger partial charge in [0, 0.05) is 29.4 Å². The van der Waals surface area contributed by atoms with Gasteiger partial charge < -0.3 is 10.6 Å². The van der Waals surface area contributed by atoms with E-state index in [4.69, 9.17) is 0 Å². The highest BCUT2D eigenvalue weighted by atomic mass is 19.1. The minimum atomic E-state index is -0.229. The number of hydrogen-bond acceptors (Lipinski definition) is 3. The van der Waals surface area contributed by atoms with Crippen LogP contribution in [-0.2, 0) is 6.54 Å². The van der Waals surface area contributed by atoms with E-state index in [9.17, 15) is 4.39 Å². The third kappa shape index (κ3) is 3.66. The highest BCUT2D eigenvalue weighted by Gasteiger charge is 2.32. The Morgan fingerprint density at radius 1 is 1.37 bits per heavy atom. The Balaban J connectivity index is 2.09. The first kappa shape index (κ1) is 14.3. The molecule has 0 saturated heterocycles. The summed E-state index contributed by atoms with van der Waals surface area (Å²) in [4.78, 5) is 4.14. The molecule has 0 atom stereocenters. The van der Waals surface area contributed by atoms with Gasteiger partial charge in [0.25, 0.3) is 0 Å². The number of hydrogen-bond donors (Lipinski definition) is 2. The molecule has 1 heterocycles. The monoisotopic (exact) mass is 265 g/mol. The zero-order valence-corrected chi connectivity index (χ0v) is 12.3.